The fourth-order valence-electron chi connectivity index (χ4n) is 1.98. The van der Waals surface area contributed by atoms with Gasteiger partial charge in [0.25, 0.3) is 5.91 Å². The van der Waals surface area contributed by atoms with Crippen LogP contribution in [0.15, 0.2) is 41.9 Å². The van der Waals surface area contributed by atoms with Crippen molar-refractivity contribution in [1.82, 2.24) is 15.3 Å². The highest BCUT2D eigenvalue weighted by atomic mass is 32.1. The first kappa shape index (κ1) is 16.1. The number of hydrogen-bond acceptors (Lipinski definition) is 4. The third kappa shape index (κ3) is 3.28. The molecule has 24 heavy (non-hydrogen) atoms. The number of pyridine rings is 1. The van der Waals surface area contributed by atoms with Gasteiger partial charge in [-0.2, -0.15) is 0 Å². The maximum atomic E-state index is 13.6. The molecule has 0 saturated heterocycles. The minimum Gasteiger partial charge on any atom is -0.345 e. The second kappa shape index (κ2) is 6.79. The summed E-state index contributed by atoms with van der Waals surface area (Å²) in [5.41, 5.74) is 0.789. The van der Waals surface area contributed by atoms with Crippen molar-refractivity contribution in [3.05, 3.63) is 69.9 Å². The summed E-state index contributed by atoms with van der Waals surface area (Å²) in [6.45, 7) is 0.0365. The smallest absolute Gasteiger partial charge is 0.254 e. The topological polar surface area (TPSA) is 54.9 Å². The second-order valence-electron chi connectivity index (χ2n) is 4.75. The predicted molar refractivity (Wildman–Crippen MR) is 82.8 cm³/mol. The van der Waals surface area contributed by atoms with E-state index < -0.39 is 28.9 Å². The number of benzene rings is 1. The third-order valence-corrected chi connectivity index (χ3v) is 4.01. The molecule has 122 valence electrons. The van der Waals surface area contributed by atoms with Gasteiger partial charge < -0.3 is 5.32 Å². The number of aromatic nitrogens is 2. The number of amides is 1. The molecule has 0 radical (unpaired) electrons. The monoisotopic (exact) mass is 349 g/mol. The lowest BCUT2D eigenvalue weighted by molar-refractivity contribution is 0.0945. The summed E-state index contributed by atoms with van der Waals surface area (Å²) in [5, 5.41) is 4.78. The molecule has 8 heteroatoms. The van der Waals surface area contributed by atoms with Crippen LogP contribution in [0.5, 0.6) is 0 Å². The van der Waals surface area contributed by atoms with Gasteiger partial charge >= 0.3 is 0 Å². The lowest BCUT2D eigenvalue weighted by atomic mass is 10.2. The fourth-order valence-corrected chi connectivity index (χ4v) is 2.70. The molecule has 0 saturated carbocycles. The zero-order chi connectivity index (χ0) is 17.1. The van der Waals surface area contributed by atoms with Gasteiger partial charge in [0.2, 0.25) is 0 Å². The Balaban J connectivity index is 1.69. The number of nitrogens with zero attached hydrogens (tertiary/aromatic N) is 2. The zero-order valence-corrected chi connectivity index (χ0v) is 12.9. The first-order valence-corrected chi connectivity index (χ1v) is 7.71. The number of nitrogens with one attached hydrogen (secondary N) is 1. The molecule has 4 nitrogen and oxygen atoms in total. The van der Waals surface area contributed by atoms with Crippen molar-refractivity contribution < 1.29 is 18.0 Å². The minimum atomic E-state index is -1.67. The summed E-state index contributed by atoms with van der Waals surface area (Å²) in [5.74, 6) is -5.37. The van der Waals surface area contributed by atoms with E-state index in [0.717, 1.165) is 6.07 Å². The molecule has 1 N–H and O–H groups in total. The molecular formula is C16H10F3N3OS. The summed E-state index contributed by atoms with van der Waals surface area (Å²) < 4.78 is 39.6. The van der Waals surface area contributed by atoms with Crippen LogP contribution in [0.3, 0.4) is 0 Å². The van der Waals surface area contributed by atoms with E-state index in [2.05, 4.69) is 15.3 Å². The first-order valence-electron chi connectivity index (χ1n) is 6.84. The molecule has 0 aliphatic carbocycles. The highest BCUT2D eigenvalue weighted by molar-refractivity contribution is 7.09. The van der Waals surface area contributed by atoms with E-state index >= 15 is 0 Å². The van der Waals surface area contributed by atoms with E-state index in [9.17, 15) is 18.0 Å². The van der Waals surface area contributed by atoms with E-state index in [-0.39, 0.29) is 6.54 Å². The van der Waals surface area contributed by atoms with Gasteiger partial charge in [-0.05, 0) is 24.3 Å². The maximum Gasteiger partial charge on any atom is 0.254 e. The number of halogens is 3. The number of carbonyl (C=O) groups is 1. The normalized spacial score (nSPS) is 10.6. The van der Waals surface area contributed by atoms with Crippen molar-refractivity contribution in [2.24, 2.45) is 0 Å². The zero-order valence-electron chi connectivity index (χ0n) is 12.1. The lowest BCUT2D eigenvalue weighted by Crippen LogP contribution is -2.24. The van der Waals surface area contributed by atoms with Crippen molar-refractivity contribution in [1.29, 1.82) is 0 Å². The largest absolute Gasteiger partial charge is 0.345 e. The Labute approximate surface area is 139 Å². The lowest BCUT2D eigenvalue weighted by Gasteiger charge is -2.05. The van der Waals surface area contributed by atoms with Crippen molar-refractivity contribution in [3.63, 3.8) is 0 Å². The van der Waals surface area contributed by atoms with E-state index in [4.69, 9.17) is 0 Å². The Bertz CT molecular complexity index is 884. The predicted octanol–water partition coefficient (Wildman–Crippen LogP) is 3.55. The number of carbonyl (C=O) groups excluding carboxylic acids is 1. The molecule has 0 spiro atoms. The molecule has 2 aromatic heterocycles. The van der Waals surface area contributed by atoms with Crippen LogP contribution >= 0.6 is 11.3 Å². The van der Waals surface area contributed by atoms with Crippen molar-refractivity contribution in [3.8, 4) is 11.4 Å². The van der Waals surface area contributed by atoms with Crippen LogP contribution in [-0.4, -0.2) is 15.9 Å². The summed E-state index contributed by atoms with van der Waals surface area (Å²) in [7, 11) is 0. The minimum absolute atomic E-state index is 0.0365. The Hall–Kier alpha value is -2.74. The SMILES string of the molecule is O=C(NCc1nc(-c2ccccn2)cs1)c1ccc(F)c(F)c1F. The van der Waals surface area contributed by atoms with Gasteiger partial charge in [-0.25, -0.2) is 18.2 Å². The molecule has 1 amide bonds. The summed E-state index contributed by atoms with van der Waals surface area (Å²) in [6, 6.07) is 7.01. The maximum absolute atomic E-state index is 13.6. The highest BCUT2D eigenvalue weighted by Crippen LogP contribution is 2.20. The summed E-state index contributed by atoms with van der Waals surface area (Å²) in [4.78, 5) is 20.4. The Morgan fingerprint density at radius 3 is 2.67 bits per heavy atom. The molecule has 0 bridgehead atoms. The van der Waals surface area contributed by atoms with Gasteiger partial charge in [0.15, 0.2) is 17.5 Å². The van der Waals surface area contributed by atoms with Crippen LogP contribution in [0.25, 0.3) is 11.4 Å². The van der Waals surface area contributed by atoms with Gasteiger partial charge in [-0.15, -0.1) is 11.3 Å². The average Bonchev–Trinajstić information content (AvgIpc) is 3.07. The van der Waals surface area contributed by atoms with Gasteiger partial charge in [-0.1, -0.05) is 6.07 Å². The highest BCUT2D eigenvalue weighted by Gasteiger charge is 2.18. The second-order valence-corrected chi connectivity index (χ2v) is 5.69. The van der Waals surface area contributed by atoms with E-state index in [0.29, 0.717) is 22.5 Å². The van der Waals surface area contributed by atoms with Crippen molar-refractivity contribution >= 4 is 17.2 Å². The molecule has 3 aromatic rings. The molecule has 0 aliphatic rings. The van der Waals surface area contributed by atoms with E-state index in [1.165, 1.54) is 11.3 Å². The molecule has 0 atom stereocenters. The molecule has 1 aromatic carbocycles. The van der Waals surface area contributed by atoms with Crippen LogP contribution < -0.4 is 5.32 Å². The van der Waals surface area contributed by atoms with Gasteiger partial charge in [0.1, 0.15) is 5.01 Å². The quantitative estimate of drug-likeness (QED) is 0.733. The van der Waals surface area contributed by atoms with Crippen LogP contribution in [0.1, 0.15) is 15.4 Å². The van der Waals surface area contributed by atoms with E-state index in [1.54, 1.807) is 23.7 Å². The number of hydrogen-bond donors (Lipinski definition) is 1. The summed E-state index contributed by atoms with van der Waals surface area (Å²) in [6.07, 6.45) is 1.64. The molecule has 3 rings (SSSR count). The van der Waals surface area contributed by atoms with Crippen LogP contribution in [0.2, 0.25) is 0 Å². The van der Waals surface area contributed by atoms with Gasteiger partial charge in [0, 0.05) is 11.6 Å². The van der Waals surface area contributed by atoms with Crippen LogP contribution in [0.4, 0.5) is 13.2 Å². The van der Waals surface area contributed by atoms with Crippen molar-refractivity contribution in [2.75, 3.05) is 0 Å². The van der Waals surface area contributed by atoms with Gasteiger partial charge in [0.05, 0.1) is 23.5 Å². The Kier molecular flexibility index (Phi) is 4.57. The van der Waals surface area contributed by atoms with Crippen LogP contribution in [0, 0.1) is 17.5 Å². The molecule has 0 unspecified atom stereocenters. The Morgan fingerprint density at radius 1 is 1.08 bits per heavy atom. The Morgan fingerprint density at radius 2 is 1.92 bits per heavy atom. The van der Waals surface area contributed by atoms with E-state index in [1.807, 2.05) is 6.07 Å². The molecule has 0 fully saturated rings. The fraction of sp³-hybridized carbons (Fsp3) is 0.0625. The van der Waals surface area contributed by atoms with Crippen molar-refractivity contribution in [2.45, 2.75) is 6.54 Å². The molecular weight excluding hydrogens is 339 g/mol. The molecule has 2 heterocycles. The average molecular weight is 349 g/mol. The molecule has 0 aliphatic heterocycles. The number of rotatable bonds is 4. The van der Waals surface area contributed by atoms with Crippen LogP contribution in [-0.2, 0) is 6.54 Å². The third-order valence-electron chi connectivity index (χ3n) is 3.16. The van der Waals surface area contributed by atoms with Gasteiger partial charge in [-0.3, -0.25) is 9.78 Å². The number of thiazole rings is 1. The standard InChI is InChI=1S/C16H10F3N3OS/c17-10-5-4-9(14(18)15(10)19)16(23)21-7-13-22-12(8-24-13)11-3-1-2-6-20-11/h1-6,8H,7H2,(H,21,23). The first-order chi connectivity index (χ1) is 11.6. The summed E-state index contributed by atoms with van der Waals surface area (Å²) >= 11 is 1.30.